The number of carbonyl (C=O) groups is 1. The molecule has 1 saturated heterocycles. The summed E-state index contributed by atoms with van der Waals surface area (Å²) in [7, 11) is -1.46. The zero-order valence-electron chi connectivity index (χ0n) is 15.4. The van der Waals surface area contributed by atoms with Crippen LogP contribution in [0.3, 0.4) is 0 Å². The lowest BCUT2D eigenvalue weighted by molar-refractivity contribution is -0.139. The molecule has 6 heteroatoms. The molecule has 0 saturated carbocycles. The highest BCUT2D eigenvalue weighted by atomic mass is 28.3. The van der Waals surface area contributed by atoms with E-state index in [1.165, 1.54) is 0 Å². The van der Waals surface area contributed by atoms with E-state index in [-0.39, 0.29) is 17.9 Å². The summed E-state index contributed by atoms with van der Waals surface area (Å²) in [6, 6.07) is 0. The maximum atomic E-state index is 12.6. The topological polar surface area (TPSA) is 59.0 Å². The number of aliphatic hydroxyl groups excluding tert-OH is 1. The third-order valence-electron chi connectivity index (χ3n) is 3.97. The first kappa shape index (κ1) is 19.5. The molecule has 5 nitrogen and oxygen atoms in total. The predicted octanol–water partition coefficient (Wildman–Crippen LogP) is 2.98. The van der Waals surface area contributed by atoms with Crippen molar-refractivity contribution in [3.8, 4) is 0 Å². The fourth-order valence-corrected chi connectivity index (χ4v) is 4.50. The minimum Gasteiger partial charge on any atom is -0.444 e. The van der Waals surface area contributed by atoms with Gasteiger partial charge in [-0.05, 0) is 45.7 Å². The quantitative estimate of drug-likeness (QED) is 0.808. The van der Waals surface area contributed by atoms with Crippen LogP contribution >= 0.6 is 0 Å². The standard InChI is InChI=1S/C16H33NO4Si/c1-14(2,3)12-9-10-17(13(19)20-15(4,5)6)16(12,11-18)21-22(7)8/h12,18,22H,9-11H2,1-8H3/t12-,16-/m0/s1. The largest absolute Gasteiger partial charge is 0.444 e. The summed E-state index contributed by atoms with van der Waals surface area (Å²) in [4.78, 5) is 14.2. The number of likely N-dealkylation sites (tertiary alicyclic amines) is 1. The molecule has 22 heavy (non-hydrogen) atoms. The average Bonchev–Trinajstić information content (AvgIpc) is 2.65. The minimum atomic E-state index is -1.46. The van der Waals surface area contributed by atoms with Gasteiger partial charge in [0.25, 0.3) is 0 Å². The Morgan fingerprint density at radius 2 is 1.82 bits per heavy atom. The Kier molecular flexibility index (Phi) is 5.74. The molecule has 0 bridgehead atoms. The van der Waals surface area contributed by atoms with Crippen LogP contribution < -0.4 is 0 Å². The van der Waals surface area contributed by atoms with Gasteiger partial charge in [-0.15, -0.1) is 0 Å². The van der Waals surface area contributed by atoms with Crippen LogP contribution in [-0.4, -0.2) is 49.6 Å². The molecule has 1 heterocycles. The first-order valence-corrected chi connectivity index (χ1v) is 10.9. The first-order chi connectivity index (χ1) is 9.83. The van der Waals surface area contributed by atoms with Gasteiger partial charge in [0.05, 0.1) is 6.61 Å². The fraction of sp³-hybridized carbons (Fsp3) is 0.938. The molecule has 1 rings (SSSR count). The van der Waals surface area contributed by atoms with Crippen molar-refractivity contribution in [3.63, 3.8) is 0 Å². The molecular weight excluding hydrogens is 298 g/mol. The lowest BCUT2D eigenvalue weighted by Crippen LogP contribution is -2.60. The number of nitrogens with zero attached hydrogens (tertiary/aromatic N) is 1. The summed E-state index contributed by atoms with van der Waals surface area (Å²) in [5.74, 6) is 0.0763. The van der Waals surface area contributed by atoms with Gasteiger partial charge in [-0.1, -0.05) is 20.8 Å². The van der Waals surface area contributed by atoms with Gasteiger partial charge in [0.15, 0.2) is 14.8 Å². The van der Waals surface area contributed by atoms with E-state index in [0.717, 1.165) is 6.42 Å². The second-order valence-electron chi connectivity index (χ2n) is 8.51. The minimum absolute atomic E-state index is 0.0667. The van der Waals surface area contributed by atoms with Crippen molar-refractivity contribution in [2.24, 2.45) is 11.3 Å². The Labute approximate surface area is 136 Å². The number of hydrogen-bond acceptors (Lipinski definition) is 4. The maximum Gasteiger partial charge on any atom is 0.412 e. The number of ether oxygens (including phenoxy) is 1. The van der Waals surface area contributed by atoms with E-state index in [2.05, 4.69) is 33.9 Å². The summed E-state index contributed by atoms with van der Waals surface area (Å²) < 4.78 is 11.8. The highest BCUT2D eigenvalue weighted by Gasteiger charge is 2.56. The lowest BCUT2D eigenvalue weighted by Gasteiger charge is -2.46. The summed E-state index contributed by atoms with van der Waals surface area (Å²) in [6.07, 6.45) is 0.410. The van der Waals surface area contributed by atoms with E-state index in [1.54, 1.807) is 4.90 Å². The van der Waals surface area contributed by atoms with Crippen molar-refractivity contribution >= 4 is 15.1 Å². The van der Waals surface area contributed by atoms with Gasteiger partial charge in [-0.2, -0.15) is 0 Å². The highest BCUT2D eigenvalue weighted by Crippen LogP contribution is 2.46. The molecule has 1 N–H and O–H groups in total. The second kappa shape index (κ2) is 6.49. The molecule has 130 valence electrons. The van der Waals surface area contributed by atoms with E-state index in [0.29, 0.717) is 6.54 Å². The summed E-state index contributed by atoms with van der Waals surface area (Å²) in [5.41, 5.74) is -1.59. The number of aliphatic hydroxyl groups is 1. The van der Waals surface area contributed by atoms with Crippen molar-refractivity contribution < 1.29 is 19.1 Å². The normalized spacial score (nSPS) is 26.6. The van der Waals surface area contributed by atoms with Crippen LogP contribution in [0, 0.1) is 11.3 Å². The Morgan fingerprint density at radius 3 is 2.18 bits per heavy atom. The van der Waals surface area contributed by atoms with Crippen molar-refractivity contribution in [2.45, 2.75) is 72.4 Å². The fourth-order valence-electron chi connectivity index (χ4n) is 3.32. The number of hydrogen-bond donors (Lipinski definition) is 1. The molecule has 0 aliphatic carbocycles. The Balaban J connectivity index is 3.18. The van der Waals surface area contributed by atoms with Crippen molar-refractivity contribution in [3.05, 3.63) is 0 Å². The Morgan fingerprint density at radius 1 is 1.27 bits per heavy atom. The van der Waals surface area contributed by atoms with E-state index in [4.69, 9.17) is 9.16 Å². The van der Waals surface area contributed by atoms with E-state index < -0.39 is 26.5 Å². The van der Waals surface area contributed by atoms with Crippen molar-refractivity contribution in [2.75, 3.05) is 13.2 Å². The molecule has 0 aromatic heterocycles. The number of rotatable bonds is 3. The molecule has 2 atom stereocenters. The van der Waals surface area contributed by atoms with Crippen LogP contribution in [0.15, 0.2) is 0 Å². The Hall–Kier alpha value is -0.593. The van der Waals surface area contributed by atoms with E-state index in [1.807, 2.05) is 20.8 Å². The van der Waals surface area contributed by atoms with Crippen LogP contribution in [-0.2, 0) is 9.16 Å². The van der Waals surface area contributed by atoms with Gasteiger partial charge in [-0.25, -0.2) is 4.79 Å². The van der Waals surface area contributed by atoms with Crippen LogP contribution in [0.25, 0.3) is 0 Å². The van der Waals surface area contributed by atoms with Crippen LogP contribution in [0.4, 0.5) is 4.79 Å². The molecule has 1 fully saturated rings. The van der Waals surface area contributed by atoms with Gasteiger partial charge in [0.1, 0.15) is 5.60 Å². The zero-order chi connectivity index (χ0) is 17.3. The smallest absolute Gasteiger partial charge is 0.412 e. The second-order valence-corrected chi connectivity index (χ2v) is 10.8. The summed E-state index contributed by atoms with van der Waals surface area (Å²) in [5, 5.41) is 10.2. The molecule has 1 amide bonds. The van der Waals surface area contributed by atoms with Crippen LogP contribution in [0.1, 0.15) is 48.0 Å². The van der Waals surface area contributed by atoms with Gasteiger partial charge in [0, 0.05) is 12.5 Å². The average molecular weight is 332 g/mol. The maximum absolute atomic E-state index is 12.6. The third-order valence-corrected chi connectivity index (χ3v) is 4.85. The van der Waals surface area contributed by atoms with E-state index in [9.17, 15) is 9.90 Å². The molecule has 0 spiro atoms. The molecule has 0 aromatic carbocycles. The molecule has 0 unspecified atom stereocenters. The van der Waals surface area contributed by atoms with Crippen LogP contribution in [0.5, 0.6) is 0 Å². The summed E-state index contributed by atoms with van der Waals surface area (Å²) in [6.45, 7) is 16.4. The molecular formula is C16H33NO4Si. The first-order valence-electron chi connectivity index (χ1n) is 8.13. The van der Waals surface area contributed by atoms with Gasteiger partial charge in [-0.3, -0.25) is 4.90 Å². The van der Waals surface area contributed by atoms with Gasteiger partial charge < -0.3 is 14.3 Å². The molecule has 0 radical (unpaired) electrons. The molecule has 0 aromatic rings. The zero-order valence-corrected chi connectivity index (χ0v) is 16.5. The predicted molar refractivity (Wildman–Crippen MR) is 90.3 cm³/mol. The highest BCUT2D eigenvalue weighted by molar-refractivity contribution is 6.48. The van der Waals surface area contributed by atoms with E-state index >= 15 is 0 Å². The van der Waals surface area contributed by atoms with Crippen molar-refractivity contribution in [1.82, 2.24) is 4.90 Å². The van der Waals surface area contributed by atoms with Gasteiger partial charge >= 0.3 is 6.09 Å². The number of carbonyl (C=O) groups excluding carboxylic acids is 1. The van der Waals surface area contributed by atoms with Gasteiger partial charge in [0.2, 0.25) is 0 Å². The molecule has 1 aliphatic heterocycles. The van der Waals surface area contributed by atoms with Crippen LogP contribution in [0.2, 0.25) is 13.1 Å². The third kappa shape index (κ3) is 4.23. The molecule has 1 aliphatic rings. The monoisotopic (exact) mass is 331 g/mol. The summed E-state index contributed by atoms with van der Waals surface area (Å²) >= 11 is 0. The Bertz CT molecular complexity index is 400. The number of amides is 1. The SMILES string of the molecule is C[SiH](C)O[C@@]1(CO)[C@H](C(C)(C)C)CCN1C(=O)OC(C)(C)C. The lowest BCUT2D eigenvalue weighted by atomic mass is 9.74. The van der Waals surface area contributed by atoms with Crippen molar-refractivity contribution in [1.29, 1.82) is 0 Å².